The summed E-state index contributed by atoms with van der Waals surface area (Å²) in [5.41, 5.74) is 0. The standard InChI is InChI=1S/C7H10O2/c1-3-4-5-7(9)6(2)8/h3-4H,5H2,1-2H3. The van der Waals surface area contributed by atoms with Crippen molar-refractivity contribution in [2.45, 2.75) is 20.3 Å². The normalized spacial score (nSPS) is 10.0. The highest BCUT2D eigenvalue weighted by molar-refractivity contribution is 6.36. The highest BCUT2D eigenvalue weighted by atomic mass is 16.2. The van der Waals surface area contributed by atoms with Crippen LogP contribution in [-0.4, -0.2) is 11.6 Å². The van der Waals surface area contributed by atoms with Gasteiger partial charge in [-0.15, -0.1) is 0 Å². The Morgan fingerprint density at radius 1 is 1.44 bits per heavy atom. The number of ketones is 2. The number of carbonyl (C=O) groups is 2. The van der Waals surface area contributed by atoms with Crippen LogP contribution in [0.2, 0.25) is 0 Å². The SMILES string of the molecule is CC=CCC(=O)C(C)=O. The minimum Gasteiger partial charge on any atom is -0.291 e. The fraction of sp³-hybridized carbons (Fsp3) is 0.429. The Kier molecular flexibility index (Phi) is 3.60. The first-order chi connectivity index (χ1) is 4.18. The Morgan fingerprint density at radius 3 is 2.33 bits per heavy atom. The van der Waals surface area contributed by atoms with Gasteiger partial charge in [0.2, 0.25) is 5.78 Å². The lowest BCUT2D eigenvalue weighted by atomic mass is 10.2. The zero-order valence-electron chi connectivity index (χ0n) is 5.68. The molecular weight excluding hydrogens is 116 g/mol. The summed E-state index contributed by atoms with van der Waals surface area (Å²) in [6.45, 7) is 3.10. The molecule has 0 aliphatic heterocycles. The van der Waals surface area contributed by atoms with E-state index in [0.717, 1.165) is 0 Å². The minimum atomic E-state index is -0.367. The van der Waals surface area contributed by atoms with Crippen molar-refractivity contribution >= 4 is 11.6 Å². The van der Waals surface area contributed by atoms with Gasteiger partial charge in [-0.2, -0.15) is 0 Å². The Hall–Kier alpha value is -0.920. The maximum absolute atomic E-state index is 10.5. The summed E-state index contributed by atoms with van der Waals surface area (Å²) in [7, 11) is 0. The van der Waals surface area contributed by atoms with Crippen LogP contribution in [0.25, 0.3) is 0 Å². The molecule has 50 valence electrons. The molecule has 0 heterocycles. The van der Waals surface area contributed by atoms with Gasteiger partial charge >= 0.3 is 0 Å². The summed E-state index contributed by atoms with van der Waals surface area (Å²) in [6, 6.07) is 0. The number of Topliss-reactive ketones (excluding diaryl/α,β-unsaturated/α-hetero) is 2. The number of rotatable bonds is 3. The number of allylic oxidation sites excluding steroid dienone is 2. The van der Waals surface area contributed by atoms with Crippen LogP contribution < -0.4 is 0 Å². The molecule has 0 spiro atoms. The fourth-order valence-corrected chi connectivity index (χ4v) is 0.369. The van der Waals surface area contributed by atoms with Crippen LogP contribution in [0.15, 0.2) is 12.2 Å². The molecule has 0 bridgehead atoms. The Balaban J connectivity index is 3.65. The maximum atomic E-state index is 10.5. The summed E-state index contributed by atoms with van der Waals surface area (Å²) in [4.78, 5) is 20.8. The van der Waals surface area contributed by atoms with Crippen LogP contribution in [0, 0.1) is 0 Å². The summed E-state index contributed by atoms with van der Waals surface area (Å²) in [6.07, 6.45) is 3.66. The van der Waals surface area contributed by atoms with Crippen molar-refractivity contribution in [2.75, 3.05) is 0 Å². The molecule has 0 saturated heterocycles. The van der Waals surface area contributed by atoms with Crippen molar-refractivity contribution in [3.8, 4) is 0 Å². The zero-order chi connectivity index (χ0) is 7.28. The molecule has 0 fully saturated rings. The highest BCUT2D eigenvalue weighted by Gasteiger charge is 2.02. The van der Waals surface area contributed by atoms with Crippen molar-refractivity contribution in [1.29, 1.82) is 0 Å². The molecular formula is C7H10O2. The monoisotopic (exact) mass is 126 g/mol. The number of hydrogen-bond acceptors (Lipinski definition) is 2. The van der Waals surface area contributed by atoms with Gasteiger partial charge in [-0.05, 0) is 6.92 Å². The second-order valence-electron chi connectivity index (χ2n) is 1.75. The quantitative estimate of drug-likeness (QED) is 0.419. The number of hydrogen-bond donors (Lipinski definition) is 0. The third kappa shape index (κ3) is 3.64. The van der Waals surface area contributed by atoms with Crippen LogP contribution in [0.1, 0.15) is 20.3 Å². The molecule has 0 aromatic carbocycles. The van der Waals surface area contributed by atoms with E-state index in [9.17, 15) is 9.59 Å². The molecule has 2 nitrogen and oxygen atoms in total. The predicted molar refractivity (Wildman–Crippen MR) is 35.1 cm³/mol. The van der Waals surface area contributed by atoms with Crippen molar-refractivity contribution in [2.24, 2.45) is 0 Å². The lowest BCUT2D eigenvalue weighted by molar-refractivity contribution is -0.134. The van der Waals surface area contributed by atoms with Crippen LogP contribution in [0.5, 0.6) is 0 Å². The van der Waals surface area contributed by atoms with Gasteiger partial charge in [-0.1, -0.05) is 12.2 Å². The second-order valence-corrected chi connectivity index (χ2v) is 1.75. The van der Waals surface area contributed by atoms with E-state index in [0.29, 0.717) is 0 Å². The average molecular weight is 126 g/mol. The van der Waals surface area contributed by atoms with E-state index >= 15 is 0 Å². The number of carbonyl (C=O) groups excluding carboxylic acids is 2. The topological polar surface area (TPSA) is 34.1 Å². The van der Waals surface area contributed by atoms with E-state index in [2.05, 4.69) is 0 Å². The van der Waals surface area contributed by atoms with Gasteiger partial charge in [0.15, 0.2) is 5.78 Å². The van der Waals surface area contributed by atoms with Gasteiger partial charge in [0, 0.05) is 13.3 Å². The van der Waals surface area contributed by atoms with Crippen LogP contribution in [-0.2, 0) is 9.59 Å². The summed E-state index contributed by atoms with van der Waals surface area (Å²) in [5.74, 6) is -0.693. The van der Waals surface area contributed by atoms with Gasteiger partial charge in [0.1, 0.15) is 0 Å². The molecule has 0 aromatic rings. The molecule has 0 aliphatic carbocycles. The molecule has 0 unspecified atom stereocenters. The van der Waals surface area contributed by atoms with E-state index in [1.165, 1.54) is 6.92 Å². The molecule has 0 aliphatic rings. The fourth-order valence-electron chi connectivity index (χ4n) is 0.369. The van der Waals surface area contributed by atoms with Gasteiger partial charge < -0.3 is 0 Å². The minimum absolute atomic E-state index is 0.242. The van der Waals surface area contributed by atoms with Gasteiger partial charge in [0.05, 0.1) is 0 Å². The van der Waals surface area contributed by atoms with Gasteiger partial charge in [-0.3, -0.25) is 9.59 Å². The molecule has 0 saturated carbocycles. The Morgan fingerprint density at radius 2 is 2.00 bits per heavy atom. The zero-order valence-corrected chi connectivity index (χ0v) is 5.68. The summed E-state index contributed by atoms with van der Waals surface area (Å²) in [5, 5.41) is 0. The van der Waals surface area contributed by atoms with Crippen LogP contribution in [0.3, 0.4) is 0 Å². The molecule has 0 N–H and O–H groups in total. The summed E-state index contributed by atoms with van der Waals surface area (Å²) >= 11 is 0. The molecule has 0 amide bonds. The maximum Gasteiger partial charge on any atom is 0.201 e. The first-order valence-electron chi connectivity index (χ1n) is 2.83. The van der Waals surface area contributed by atoms with Gasteiger partial charge in [-0.25, -0.2) is 0 Å². The van der Waals surface area contributed by atoms with Crippen LogP contribution >= 0.6 is 0 Å². The molecule has 0 rings (SSSR count). The third-order valence-electron chi connectivity index (χ3n) is 0.932. The van der Waals surface area contributed by atoms with E-state index < -0.39 is 0 Å². The van der Waals surface area contributed by atoms with E-state index in [-0.39, 0.29) is 18.0 Å². The molecule has 0 aromatic heterocycles. The first-order valence-corrected chi connectivity index (χ1v) is 2.83. The Bertz CT molecular complexity index is 145. The molecule has 2 heteroatoms. The largest absolute Gasteiger partial charge is 0.291 e. The van der Waals surface area contributed by atoms with Crippen molar-refractivity contribution < 1.29 is 9.59 Å². The lowest BCUT2D eigenvalue weighted by Crippen LogP contribution is -2.06. The van der Waals surface area contributed by atoms with Crippen molar-refractivity contribution in [3.05, 3.63) is 12.2 Å². The highest BCUT2D eigenvalue weighted by Crippen LogP contribution is 1.86. The summed E-state index contributed by atoms with van der Waals surface area (Å²) < 4.78 is 0. The van der Waals surface area contributed by atoms with Crippen molar-refractivity contribution in [1.82, 2.24) is 0 Å². The Labute approximate surface area is 54.6 Å². The van der Waals surface area contributed by atoms with Crippen molar-refractivity contribution in [3.63, 3.8) is 0 Å². The lowest BCUT2D eigenvalue weighted by Gasteiger charge is -1.85. The molecule has 0 atom stereocenters. The van der Waals surface area contributed by atoms with E-state index in [4.69, 9.17) is 0 Å². The third-order valence-corrected chi connectivity index (χ3v) is 0.932. The second kappa shape index (κ2) is 4.01. The van der Waals surface area contributed by atoms with E-state index in [1.54, 1.807) is 12.2 Å². The van der Waals surface area contributed by atoms with Crippen LogP contribution in [0.4, 0.5) is 0 Å². The van der Waals surface area contributed by atoms with E-state index in [1.807, 2.05) is 6.92 Å². The molecule has 0 radical (unpaired) electrons. The smallest absolute Gasteiger partial charge is 0.201 e. The molecule has 9 heavy (non-hydrogen) atoms. The van der Waals surface area contributed by atoms with Gasteiger partial charge in [0.25, 0.3) is 0 Å². The average Bonchev–Trinajstić information content (AvgIpc) is 1.82. The first kappa shape index (κ1) is 8.08. The predicted octanol–water partition coefficient (Wildman–Crippen LogP) is 1.11.